The maximum atomic E-state index is 5.28. The second kappa shape index (κ2) is 12.4. The van der Waals surface area contributed by atoms with Gasteiger partial charge in [-0.15, -0.1) is 0 Å². The lowest BCUT2D eigenvalue weighted by molar-refractivity contribution is 1.23. The number of fused-ring (bicyclic) bond motifs is 5. The zero-order valence-corrected chi connectivity index (χ0v) is 28.1. The molecule has 0 saturated heterocycles. The number of hydrogen-bond acceptors (Lipinski definition) is 4. The van der Waals surface area contributed by atoms with Crippen molar-refractivity contribution in [2.75, 3.05) is 0 Å². The van der Waals surface area contributed by atoms with Gasteiger partial charge in [0, 0.05) is 44.0 Å². The smallest absolute Gasteiger partial charge is 0.160 e. The lowest BCUT2D eigenvalue weighted by Gasteiger charge is -2.14. The molecule has 0 atom stereocenters. The van der Waals surface area contributed by atoms with Gasteiger partial charge in [-0.05, 0) is 34.5 Å². The average molecular weight is 663 g/mol. The molecule has 242 valence electrons. The van der Waals surface area contributed by atoms with Crippen LogP contribution in [-0.2, 0) is 0 Å². The summed E-state index contributed by atoms with van der Waals surface area (Å²) in [6, 6.07) is 63.2. The molecule has 0 aliphatic carbocycles. The first-order valence-electron chi connectivity index (χ1n) is 17.5. The fourth-order valence-electron chi connectivity index (χ4n) is 7.28. The first-order chi connectivity index (χ1) is 25.8. The normalized spacial score (nSPS) is 11.5. The topological polar surface area (TPSA) is 51.6 Å². The number of nitrogens with zero attached hydrogens (tertiary/aromatic N) is 4. The fraction of sp³-hybridized carbons (Fsp3) is 0. The molecular weight excluding hydrogens is 633 g/mol. The molecule has 4 heteroatoms. The van der Waals surface area contributed by atoms with Crippen molar-refractivity contribution in [1.29, 1.82) is 0 Å². The van der Waals surface area contributed by atoms with Gasteiger partial charge >= 0.3 is 0 Å². The summed E-state index contributed by atoms with van der Waals surface area (Å²) >= 11 is 0. The van der Waals surface area contributed by atoms with E-state index in [4.69, 9.17) is 19.9 Å². The molecule has 10 rings (SSSR count). The lowest BCUT2D eigenvalue weighted by Crippen LogP contribution is -1.97. The Morgan fingerprint density at radius 3 is 1.62 bits per heavy atom. The Bertz CT molecular complexity index is 2940. The third-order valence-electron chi connectivity index (χ3n) is 9.86. The zero-order valence-electron chi connectivity index (χ0n) is 28.1. The summed E-state index contributed by atoms with van der Waals surface area (Å²) in [5.41, 5.74) is 11.9. The third-order valence-corrected chi connectivity index (χ3v) is 9.86. The van der Waals surface area contributed by atoms with E-state index in [1.165, 1.54) is 0 Å². The quantitative estimate of drug-likeness (QED) is 0.172. The van der Waals surface area contributed by atoms with Crippen molar-refractivity contribution in [3.8, 4) is 56.3 Å². The molecule has 0 unspecified atom stereocenters. The highest BCUT2D eigenvalue weighted by molar-refractivity contribution is 6.07. The van der Waals surface area contributed by atoms with E-state index in [1.807, 2.05) is 42.5 Å². The highest BCUT2D eigenvalue weighted by Crippen LogP contribution is 2.38. The SMILES string of the molecule is c1ccc(-c2ccc3ccc4ccc(-c5cccc6cc(-c7cccc8c(-c9ccccc9)nc(-c9ccccc9)nc78)ccc56)nc4c3n2)cc1. The first-order valence-corrected chi connectivity index (χ1v) is 17.5. The van der Waals surface area contributed by atoms with Crippen molar-refractivity contribution in [2.24, 2.45) is 0 Å². The molecule has 0 N–H and O–H groups in total. The molecule has 0 aliphatic heterocycles. The van der Waals surface area contributed by atoms with E-state index in [0.29, 0.717) is 5.82 Å². The number of benzene rings is 7. The van der Waals surface area contributed by atoms with Gasteiger partial charge in [0.05, 0.1) is 33.6 Å². The Kier molecular flexibility index (Phi) is 7.10. The van der Waals surface area contributed by atoms with Gasteiger partial charge in [-0.25, -0.2) is 19.9 Å². The molecule has 0 fully saturated rings. The minimum Gasteiger partial charge on any atom is -0.245 e. The standard InChI is InChI=1S/C48H30N4/c1-4-12-31(13-5-1)42-28-25-33-22-23-34-26-29-43(50-46(34)45(33)49-42)40-20-10-18-36-30-37(24-27-38(36)40)39-19-11-21-41-44(32-14-6-2-7-15-32)51-48(52-47(39)41)35-16-8-3-9-17-35/h1-30H. The molecule has 0 amide bonds. The Hall–Kier alpha value is -7.04. The van der Waals surface area contributed by atoms with Crippen LogP contribution in [0.2, 0.25) is 0 Å². The van der Waals surface area contributed by atoms with Gasteiger partial charge in [0.15, 0.2) is 5.82 Å². The lowest BCUT2D eigenvalue weighted by atomic mass is 9.95. The van der Waals surface area contributed by atoms with E-state index in [-0.39, 0.29) is 0 Å². The maximum Gasteiger partial charge on any atom is 0.160 e. The van der Waals surface area contributed by atoms with Gasteiger partial charge in [0.2, 0.25) is 0 Å². The largest absolute Gasteiger partial charge is 0.245 e. The van der Waals surface area contributed by atoms with Crippen molar-refractivity contribution < 1.29 is 0 Å². The minimum absolute atomic E-state index is 0.711. The number of para-hydroxylation sites is 1. The molecule has 3 aromatic heterocycles. The van der Waals surface area contributed by atoms with E-state index in [1.54, 1.807) is 0 Å². The van der Waals surface area contributed by atoms with Crippen LogP contribution in [0.5, 0.6) is 0 Å². The number of aromatic nitrogens is 4. The van der Waals surface area contributed by atoms with Gasteiger partial charge in [0.25, 0.3) is 0 Å². The predicted molar refractivity (Wildman–Crippen MR) is 215 cm³/mol. The summed E-state index contributed by atoms with van der Waals surface area (Å²) in [4.78, 5) is 20.7. The van der Waals surface area contributed by atoms with E-state index in [9.17, 15) is 0 Å². The van der Waals surface area contributed by atoms with Crippen molar-refractivity contribution >= 4 is 43.5 Å². The van der Waals surface area contributed by atoms with Crippen molar-refractivity contribution in [3.05, 3.63) is 182 Å². The van der Waals surface area contributed by atoms with Crippen LogP contribution < -0.4 is 0 Å². The molecule has 10 aromatic rings. The van der Waals surface area contributed by atoms with Crippen LogP contribution in [0.3, 0.4) is 0 Å². The van der Waals surface area contributed by atoms with E-state index >= 15 is 0 Å². The summed E-state index contributed by atoms with van der Waals surface area (Å²) in [7, 11) is 0. The molecule has 0 aliphatic rings. The Labute approximate surface area is 300 Å². The zero-order chi connectivity index (χ0) is 34.4. The van der Waals surface area contributed by atoms with Gasteiger partial charge in [-0.2, -0.15) is 0 Å². The molecule has 7 aromatic carbocycles. The molecule has 3 heterocycles. The summed E-state index contributed by atoms with van der Waals surface area (Å²) < 4.78 is 0. The van der Waals surface area contributed by atoms with Crippen LogP contribution in [0.4, 0.5) is 0 Å². The molecule has 0 spiro atoms. The van der Waals surface area contributed by atoms with Crippen LogP contribution >= 0.6 is 0 Å². The third kappa shape index (κ3) is 5.17. The highest BCUT2D eigenvalue weighted by atomic mass is 14.9. The predicted octanol–water partition coefficient (Wildman–Crippen LogP) is 12.2. The number of hydrogen-bond donors (Lipinski definition) is 0. The average Bonchev–Trinajstić information content (AvgIpc) is 3.23. The van der Waals surface area contributed by atoms with E-state index < -0.39 is 0 Å². The van der Waals surface area contributed by atoms with Gasteiger partial charge in [-0.1, -0.05) is 164 Å². The van der Waals surface area contributed by atoms with E-state index in [0.717, 1.165) is 93.9 Å². The molecule has 52 heavy (non-hydrogen) atoms. The van der Waals surface area contributed by atoms with Gasteiger partial charge in [-0.3, -0.25) is 0 Å². The van der Waals surface area contributed by atoms with Crippen LogP contribution in [0, 0.1) is 0 Å². The summed E-state index contributed by atoms with van der Waals surface area (Å²) in [5.74, 6) is 0.711. The summed E-state index contributed by atoms with van der Waals surface area (Å²) in [5, 5.41) is 5.44. The summed E-state index contributed by atoms with van der Waals surface area (Å²) in [6.45, 7) is 0. The molecule has 0 radical (unpaired) electrons. The molecule has 0 saturated carbocycles. The van der Waals surface area contributed by atoms with Gasteiger partial charge in [0.1, 0.15) is 0 Å². The second-order valence-corrected chi connectivity index (χ2v) is 13.0. The highest BCUT2D eigenvalue weighted by Gasteiger charge is 2.16. The molecule has 0 bridgehead atoms. The Morgan fingerprint density at radius 2 is 0.885 bits per heavy atom. The summed E-state index contributed by atoms with van der Waals surface area (Å²) in [6.07, 6.45) is 0. The fourth-order valence-corrected chi connectivity index (χ4v) is 7.28. The minimum atomic E-state index is 0.711. The van der Waals surface area contributed by atoms with Crippen LogP contribution in [-0.4, -0.2) is 19.9 Å². The van der Waals surface area contributed by atoms with Gasteiger partial charge < -0.3 is 0 Å². The van der Waals surface area contributed by atoms with Crippen LogP contribution in [0.1, 0.15) is 0 Å². The van der Waals surface area contributed by atoms with Crippen LogP contribution in [0.15, 0.2) is 182 Å². The monoisotopic (exact) mass is 662 g/mol. The molecular formula is C48H30N4. The first kappa shape index (κ1) is 29.8. The molecule has 4 nitrogen and oxygen atoms in total. The second-order valence-electron chi connectivity index (χ2n) is 13.0. The maximum absolute atomic E-state index is 5.28. The Balaban J connectivity index is 1.12. The van der Waals surface area contributed by atoms with Crippen LogP contribution in [0.25, 0.3) is 99.8 Å². The van der Waals surface area contributed by atoms with Crippen molar-refractivity contribution in [3.63, 3.8) is 0 Å². The Morgan fingerprint density at radius 1 is 0.288 bits per heavy atom. The van der Waals surface area contributed by atoms with Crippen molar-refractivity contribution in [2.45, 2.75) is 0 Å². The number of rotatable bonds is 5. The van der Waals surface area contributed by atoms with E-state index in [2.05, 4.69) is 140 Å². The number of pyridine rings is 2. The van der Waals surface area contributed by atoms with Crippen molar-refractivity contribution in [1.82, 2.24) is 19.9 Å².